The molecule has 1 aliphatic heterocycles. The summed E-state index contributed by atoms with van der Waals surface area (Å²) < 4.78 is 6.34. The van der Waals surface area contributed by atoms with Crippen LogP contribution in [-0.4, -0.2) is 17.8 Å². The van der Waals surface area contributed by atoms with Gasteiger partial charge in [-0.3, -0.25) is 0 Å². The van der Waals surface area contributed by atoms with Crippen LogP contribution in [0.5, 0.6) is 5.75 Å². The number of hydrogen-bond acceptors (Lipinski definition) is 2. The lowest BCUT2D eigenvalue weighted by atomic mass is 9.96. The van der Waals surface area contributed by atoms with E-state index in [1.807, 2.05) is 24.3 Å². The van der Waals surface area contributed by atoms with Crippen molar-refractivity contribution in [3.63, 3.8) is 0 Å². The lowest BCUT2D eigenvalue weighted by Gasteiger charge is -2.09. The lowest BCUT2D eigenvalue weighted by molar-refractivity contribution is 0.407. The zero-order valence-electron chi connectivity index (χ0n) is 9.77. The number of benzene rings is 2. The molecule has 1 N–H and O–H groups in total. The van der Waals surface area contributed by atoms with Crippen LogP contribution in [0.25, 0.3) is 11.1 Å². The van der Waals surface area contributed by atoms with E-state index in [9.17, 15) is 5.11 Å². The zero-order valence-corrected chi connectivity index (χ0v) is 11.4. The van der Waals surface area contributed by atoms with Gasteiger partial charge in [0.2, 0.25) is 0 Å². The molecular weight excluding hydrogens is 292 g/mol. The van der Waals surface area contributed by atoms with Crippen molar-refractivity contribution in [2.24, 2.45) is 0 Å². The minimum absolute atomic E-state index is 0.312. The summed E-state index contributed by atoms with van der Waals surface area (Å²) in [6, 6.07) is 13.7. The van der Waals surface area contributed by atoms with Crippen molar-refractivity contribution in [2.75, 3.05) is 6.61 Å². The number of aromatic hydroxyl groups is 1. The summed E-state index contributed by atoms with van der Waals surface area (Å²) in [6.45, 7) is 0.829. The molecule has 0 bridgehead atoms. The summed E-state index contributed by atoms with van der Waals surface area (Å²) in [5, 5.41) is 9.61. The minimum atomic E-state index is 0.312. The van der Waals surface area contributed by atoms with Gasteiger partial charge in [-0.1, -0.05) is 34.1 Å². The van der Waals surface area contributed by atoms with E-state index in [1.165, 1.54) is 0 Å². The third-order valence-electron chi connectivity index (χ3n) is 3.09. The molecule has 1 fully saturated rings. The number of phenolic OH excluding ortho intramolecular Hbond substituents is 1. The summed E-state index contributed by atoms with van der Waals surface area (Å²) in [4.78, 5) is 0. The van der Waals surface area contributed by atoms with Crippen LogP contribution in [0.2, 0.25) is 0 Å². The summed E-state index contributed by atoms with van der Waals surface area (Å²) in [7, 11) is 0. The molecule has 0 aliphatic carbocycles. The third kappa shape index (κ3) is 2.57. The Bertz CT molecular complexity index is 559. The van der Waals surface area contributed by atoms with Gasteiger partial charge in [-0.2, -0.15) is 0 Å². The molecule has 1 heterocycles. The van der Waals surface area contributed by atoms with Gasteiger partial charge in [-0.25, -0.2) is 0 Å². The average Bonchev–Trinajstić information content (AvgIpc) is 3.15. The van der Waals surface area contributed by atoms with Crippen LogP contribution in [0, 0.1) is 0 Å². The topological polar surface area (TPSA) is 32.8 Å². The molecular formula is C15H13BrO2. The molecule has 2 aromatic carbocycles. The first-order valence-electron chi connectivity index (χ1n) is 5.92. The second kappa shape index (κ2) is 4.75. The lowest BCUT2D eigenvalue weighted by Crippen LogP contribution is -1.96. The maximum absolute atomic E-state index is 9.61. The Balaban J connectivity index is 2.01. The van der Waals surface area contributed by atoms with Crippen molar-refractivity contribution in [3.8, 4) is 16.9 Å². The summed E-state index contributed by atoms with van der Waals surface area (Å²) in [6.07, 6.45) is 1.18. The molecule has 0 radical (unpaired) electrons. The first-order valence-corrected chi connectivity index (χ1v) is 6.71. The van der Waals surface area contributed by atoms with Crippen molar-refractivity contribution >= 4 is 15.9 Å². The summed E-state index contributed by atoms with van der Waals surface area (Å²) in [5.41, 5.74) is 3.46. The maximum Gasteiger partial charge on any atom is 0.115 e. The van der Waals surface area contributed by atoms with Crippen LogP contribution in [0.4, 0.5) is 0 Å². The van der Waals surface area contributed by atoms with Gasteiger partial charge < -0.3 is 9.84 Å². The minimum Gasteiger partial charge on any atom is -0.508 e. The molecule has 1 saturated heterocycles. The third-order valence-corrected chi connectivity index (χ3v) is 3.62. The van der Waals surface area contributed by atoms with Crippen molar-refractivity contribution in [1.29, 1.82) is 0 Å². The maximum atomic E-state index is 9.61. The van der Waals surface area contributed by atoms with Crippen molar-refractivity contribution < 1.29 is 9.84 Å². The van der Waals surface area contributed by atoms with Gasteiger partial charge in [0.1, 0.15) is 5.75 Å². The van der Waals surface area contributed by atoms with E-state index in [0.29, 0.717) is 11.9 Å². The van der Waals surface area contributed by atoms with Crippen molar-refractivity contribution in [2.45, 2.75) is 12.5 Å². The molecule has 1 unspecified atom stereocenters. The van der Waals surface area contributed by atoms with Crippen molar-refractivity contribution in [1.82, 2.24) is 0 Å². The molecule has 18 heavy (non-hydrogen) atoms. The quantitative estimate of drug-likeness (QED) is 0.876. The van der Waals surface area contributed by atoms with Crippen LogP contribution in [0.1, 0.15) is 5.56 Å². The highest BCUT2D eigenvalue weighted by Gasteiger charge is 2.24. The highest BCUT2D eigenvalue weighted by molar-refractivity contribution is 9.10. The summed E-state index contributed by atoms with van der Waals surface area (Å²) >= 11 is 3.44. The Morgan fingerprint density at radius 1 is 1.17 bits per heavy atom. The molecule has 1 atom stereocenters. The Hall–Kier alpha value is -1.32. The van der Waals surface area contributed by atoms with Gasteiger partial charge in [-0.15, -0.1) is 0 Å². The first-order chi connectivity index (χ1) is 8.72. The largest absolute Gasteiger partial charge is 0.508 e. The summed E-state index contributed by atoms with van der Waals surface area (Å²) in [5.74, 6) is 0.312. The number of epoxide rings is 1. The molecule has 2 aromatic rings. The van der Waals surface area contributed by atoms with Gasteiger partial charge in [0.05, 0.1) is 12.7 Å². The molecule has 0 amide bonds. The number of halogens is 1. The first kappa shape index (κ1) is 11.8. The van der Waals surface area contributed by atoms with E-state index in [0.717, 1.165) is 34.2 Å². The fourth-order valence-electron chi connectivity index (χ4n) is 2.09. The Morgan fingerprint density at radius 3 is 2.56 bits per heavy atom. The van der Waals surface area contributed by atoms with E-state index in [4.69, 9.17) is 4.74 Å². The fraction of sp³-hybridized carbons (Fsp3) is 0.200. The highest BCUT2D eigenvalue weighted by Crippen LogP contribution is 2.30. The van der Waals surface area contributed by atoms with E-state index in [2.05, 4.69) is 28.1 Å². The second-order valence-corrected chi connectivity index (χ2v) is 5.42. The smallest absolute Gasteiger partial charge is 0.115 e. The average molecular weight is 305 g/mol. The van der Waals surface area contributed by atoms with E-state index in [-0.39, 0.29) is 0 Å². The highest BCUT2D eigenvalue weighted by atomic mass is 79.9. The number of hydrogen-bond donors (Lipinski definition) is 1. The normalized spacial score (nSPS) is 17.7. The molecule has 3 heteroatoms. The zero-order chi connectivity index (χ0) is 12.5. The predicted molar refractivity (Wildman–Crippen MR) is 74.7 cm³/mol. The molecule has 0 saturated carbocycles. The van der Waals surface area contributed by atoms with Gasteiger partial charge in [0, 0.05) is 10.9 Å². The fourth-order valence-corrected chi connectivity index (χ4v) is 2.36. The Kier molecular flexibility index (Phi) is 3.10. The molecule has 0 spiro atoms. The van der Waals surface area contributed by atoms with Gasteiger partial charge in [0.25, 0.3) is 0 Å². The number of rotatable bonds is 3. The van der Waals surface area contributed by atoms with Crippen LogP contribution >= 0.6 is 15.9 Å². The molecule has 92 valence electrons. The molecule has 1 aliphatic rings. The number of ether oxygens (including phenoxy) is 1. The Morgan fingerprint density at radius 2 is 1.89 bits per heavy atom. The van der Waals surface area contributed by atoms with Crippen LogP contribution < -0.4 is 0 Å². The Labute approximate surface area is 114 Å². The molecule has 3 rings (SSSR count). The second-order valence-electron chi connectivity index (χ2n) is 4.51. The standard InChI is InChI=1S/C15H13BrO2/c16-12-3-1-10(2-4-12)15-6-5-13(17)7-11(15)8-14-9-18-14/h1-7,14,17H,8-9H2. The van der Waals surface area contributed by atoms with Gasteiger partial charge in [0.15, 0.2) is 0 Å². The van der Waals surface area contributed by atoms with Gasteiger partial charge >= 0.3 is 0 Å². The van der Waals surface area contributed by atoms with Gasteiger partial charge in [-0.05, 0) is 41.0 Å². The monoisotopic (exact) mass is 304 g/mol. The van der Waals surface area contributed by atoms with E-state index in [1.54, 1.807) is 6.07 Å². The van der Waals surface area contributed by atoms with E-state index >= 15 is 0 Å². The van der Waals surface area contributed by atoms with Crippen LogP contribution in [0.3, 0.4) is 0 Å². The van der Waals surface area contributed by atoms with Crippen LogP contribution in [-0.2, 0) is 11.2 Å². The van der Waals surface area contributed by atoms with Crippen molar-refractivity contribution in [3.05, 3.63) is 52.5 Å². The number of phenols is 1. The van der Waals surface area contributed by atoms with E-state index < -0.39 is 0 Å². The molecule has 0 aromatic heterocycles. The van der Waals surface area contributed by atoms with Crippen LogP contribution in [0.15, 0.2) is 46.9 Å². The molecule has 2 nitrogen and oxygen atoms in total. The predicted octanol–water partition coefficient (Wildman–Crippen LogP) is 3.76. The SMILES string of the molecule is Oc1ccc(-c2ccc(Br)cc2)c(CC2CO2)c1.